The van der Waals surface area contributed by atoms with Gasteiger partial charge in [-0.15, -0.1) is 0 Å². The van der Waals surface area contributed by atoms with Crippen LogP contribution >= 0.6 is 0 Å². The van der Waals surface area contributed by atoms with Gasteiger partial charge < -0.3 is 19.5 Å². The van der Waals surface area contributed by atoms with Gasteiger partial charge in [-0.3, -0.25) is 4.79 Å². The van der Waals surface area contributed by atoms with Crippen LogP contribution in [0.1, 0.15) is 13.3 Å². The minimum absolute atomic E-state index is 0.220. The first-order chi connectivity index (χ1) is 10.3. The number of aromatic nitrogens is 1. The number of esters is 1. The molecule has 0 atom stereocenters. The van der Waals surface area contributed by atoms with Gasteiger partial charge in [0.2, 0.25) is 6.79 Å². The quantitative estimate of drug-likeness (QED) is 0.852. The number of anilines is 1. The van der Waals surface area contributed by atoms with E-state index in [-0.39, 0.29) is 12.8 Å². The maximum Gasteiger partial charge on any atom is 0.307 e. The molecule has 0 aliphatic carbocycles. The number of rotatable bonds is 5. The lowest BCUT2D eigenvalue weighted by molar-refractivity contribution is -0.142. The predicted molar refractivity (Wildman–Crippen MR) is 77.6 cm³/mol. The Labute approximate surface area is 122 Å². The average molecular weight is 288 g/mol. The van der Waals surface area contributed by atoms with Crippen LogP contribution in [0.25, 0.3) is 10.8 Å². The number of benzene rings is 1. The second kappa shape index (κ2) is 5.87. The molecular weight excluding hydrogens is 272 g/mol. The highest BCUT2D eigenvalue weighted by molar-refractivity contribution is 5.94. The van der Waals surface area contributed by atoms with E-state index in [0.29, 0.717) is 25.3 Å². The summed E-state index contributed by atoms with van der Waals surface area (Å²) in [5.74, 6) is 1.95. The van der Waals surface area contributed by atoms with Crippen LogP contribution in [0, 0.1) is 0 Å². The van der Waals surface area contributed by atoms with Crippen molar-refractivity contribution in [1.82, 2.24) is 4.98 Å². The molecule has 1 aromatic heterocycles. The summed E-state index contributed by atoms with van der Waals surface area (Å²) in [7, 11) is 0. The third kappa shape index (κ3) is 2.84. The van der Waals surface area contributed by atoms with Crippen molar-refractivity contribution < 1.29 is 19.0 Å². The molecule has 2 aromatic rings. The van der Waals surface area contributed by atoms with Gasteiger partial charge in [0.1, 0.15) is 5.82 Å². The van der Waals surface area contributed by atoms with Crippen LogP contribution in [0.5, 0.6) is 11.5 Å². The zero-order valence-corrected chi connectivity index (χ0v) is 11.7. The largest absolute Gasteiger partial charge is 0.466 e. The molecule has 6 heteroatoms. The molecule has 0 saturated heterocycles. The van der Waals surface area contributed by atoms with Gasteiger partial charge in [-0.25, -0.2) is 4.98 Å². The number of carbonyl (C=O) groups excluding carboxylic acids is 1. The third-order valence-corrected chi connectivity index (χ3v) is 3.18. The van der Waals surface area contributed by atoms with Crippen LogP contribution in [-0.4, -0.2) is 30.9 Å². The zero-order valence-electron chi connectivity index (χ0n) is 11.7. The molecule has 0 saturated carbocycles. The topological polar surface area (TPSA) is 69.7 Å². The molecule has 0 bridgehead atoms. The van der Waals surface area contributed by atoms with Gasteiger partial charge in [-0.2, -0.15) is 0 Å². The van der Waals surface area contributed by atoms with Gasteiger partial charge in [0.25, 0.3) is 0 Å². The molecule has 0 amide bonds. The Hall–Kier alpha value is -2.50. The van der Waals surface area contributed by atoms with E-state index in [4.69, 9.17) is 14.2 Å². The third-order valence-electron chi connectivity index (χ3n) is 3.18. The van der Waals surface area contributed by atoms with Crippen molar-refractivity contribution in [3.05, 3.63) is 24.4 Å². The number of nitrogens with zero attached hydrogens (tertiary/aromatic N) is 1. The number of pyridine rings is 1. The van der Waals surface area contributed by atoms with Gasteiger partial charge in [0, 0.05) is 18.1 Å². The first kappa shape index (κ1) is 13.5. The molecule has 21 heavy (non-hydrogen) atoms. The lowest BCUT2D eigenvalue weighted by Crippen LogP contribution is -2.12. The van der Waals surface area contributed by atoms with E-state index in [1.807, 2.05) is 18.2 Å². The van der Waals surface area contributed by atoms with Gasteiger partial charge in [-0.05, 0) is 30.5 Å². The highest BCUT2D eigenvalue weighted by atomic mass is 16.7. The van der Waals surface area contributed by atoms with Crippen LogP contribution in [0.2, 0.25) is 0 Å². The summed E-state index contributed by atoms with van der Waals surface area (Å²) in [6.07, 6.45) is 2.02. The number of nitrogens with one attached hydrogen (secondary N) is 1. The number of ether oxygens (including phenoxy) is 3. The molecular formula is C15H16N2O4. The van der Waals surface area contributed by atoms with Crippen LogP contribution in [0.3, 0.4) is 0 Å². The van der Waals surface area contributed by atoms with E-state index in [9.17, 15) is 4.79 Å². The molecule has 6 nitrogen and oxygen atoms in total. The van der Waals surface area contributed by atoms with Crippen LogP contribution < -0.4 is 14.8 Å². The smallest absolute Gasteiger partial charge is 0.307 e. The van der Waals surface area contributed by atoms with Crippen LogP contribution in [0.4, 0.5) is 5.82 Å². The van der Waals surface area contributed by atoms with Gasteiger partial charge in [0.05, 0.1) is 13.0 Å². The standard InChI is InChI=1S/C15H16N2O4/c1-2-19-14(18)4-6-17-15-11-8-13-12(20-9-21-13)7-10(11)3-5-16-15/h3,5,7-8H,2,4,6,9H2,1H3,(H,16,17). The van der Waals surface area contributed by atoms with Gasteiger partial charge >= 0.3 is 5.97 Å². The van der Waals surface area contributed by atoms with E-state index in [1.54, 1.807) is 13.1 Å². The normalized spacial score (nSPS) is 12.4. The minimum Gasteiger partial charge on any atom is -0.466 e. The zero-order chi connectivity index (χ0) is 14.7. The fourth-order valence-corrected chi connectivity index (χ4v) is 2.22. The molecule has 110 valence electrons. The van der Waals surface area contributed by atoms with Crippen molar-refractivity contribution in [2.24, 2.45) is 0 Å². The monoisotopic (exact) mass is 288 g/mol. The Morgan fingerprint density at radius 1 is 1.38 bits per heavy atom. The maximum atomic E-state index is 11.3. The van der Waals surface area contributed by atoms with Crippen LogP contribution in [-0.2, 0) is 9.53 Å². The SMILES string of the molecule is CCOC(=O)CCNc1nccc2cc3c(cc12)OCO3. The van der Waals surface area contributed by atoms with Crippen molar-refractivity contribution in [2.45, 2.75) is 13.3 Å². The molecule has 1 aromatic carbocycles. The Balaban J connectivity index is 1.77. The van der Waals surface area contributed by atoms with Gasteiger partial charge in [0.15, 0.2) is 11.5 Å². The lowest BCUT2D eigenvalue weighted by Gasteiger charge is -2.09. The molecule has 0 unspecified atom stereocenters. The van der Waals surface area contributed by atoms with Crippen molar-refractivity contribution in [2.75, 3.05) is 25.3 Å². The molecule has 1 N–H and O–H groups in total. The molecule has 1 aliphatic heterocycles. The lowest BCUT2D eigenvalue weighted by atomic mass is 10.1. The molecule has 3 rings (SSSR count). The van der Waals surface area contributed by atoms with E-state index < -0.39 is 0 Å². The van der Waals surface area contributed by atoms with Crippen molar-refractivity contribution >= 4 is 22.6 Å². The Bertz CT molecular complexity index is 672. The molecule has 0 radical (unpaired) electrons. The summed E-state index contributed by atoms with van der Waals surface area (Å²) < 4.78 is 15.6. The summed E-state index contributed by atoms with van der Waals surface area (Å²) in [6, 6.07) is 5.74. The molecule has 0 fully saturated rings. The first-order valence-corrected chi connectivity index (χ1v) is 6.86. The Kier molecular flexibility index (Phi) is 3.77. The Morgan fingerprint density at radius 2 is 2.19 bits per heavy atom. The second-order valence-electron chi connectivity index (χ2n) is 4.57. The first-order valence-electron chi connectivity index (χ1n) is 6.86. The van der Waals surface area contributed by atoms with Crippen LogP contribution in [0.15, 0.2) is 24.4 Å². The maximum absolute atomic E-state index is 11.3. The van der Waals surface area contributed by atoms with E-state index in [0.717, 1.165) is 22.3 Å². The highest BCUT2D eigenvalue weighted by Gasteiger charge is 2.15. The summed E-state index contributed by atoms with van der Waals surface area (Å²) in [4.78, 5) is 15.6. The van der Waals surface area contributed by atoms with Crippen molar-refractivity contribution in [3.63, 3.8) is 0 Å². The van der Waals surface area contributed by atoms with Crippen molar-refractivity contribution in [1.29, 1.82) is 0 Å². The number of hydrogen-bond donors (Lipinski definition) is 1. The molecule has 2 heterocycles. The second-order valence-corrected chi connectivity index (χ2v) is 4.57. The van der Waals surface area contributed by atoms with Gasteiger partial charge in [-0.1, -0.05) is 0 Å². The number of carbonyl (C=O) groups is 1. The predicted octanol–water partition coefficient (Wildman–Crippen LogP) is 2.33. The van der Waals surface area contributed by atoms with E-state index >= 15 is 0 Å². The minimum atomic E-state index is -0.220. The van der Waals surface area contributed by atoms with E-state index in [2.05, 4.69) is 10.3 Å². The summed E-state index contributed by atoms with van der Waals surface area (Å²) in [5.41, 5.74) is 0. The summed E-state index contributed by atoms with van der Waals surface area (Å²) in [6.45, 7) is 2.90. The highest BCUT2D eigenvalue weighted by Crippen LogP contribution is 2.37. The fourth-order valence-electron chi connectivity index (χ4n) is 2.22. The number of fused-ring (bicyclic) bond motifs is 2. The summed E-state index contributed by atoms with van der Waals surface area (Å²) in [5, 5.41) is 5.10. The van der Waals surface area contributed by atoms with E-state index in [1.165, 1.54) is 0 Å². The Morgan fingerprint density at radius 3 is 3.00 bits per heavy atom. The number of hydrogen-bond acceptors (Lipinski definition) is 6. The van der Waals surface area contributed by atoms with Crippen molar-refractivity contribution in [3.8, 4) is 11.5 Å². The summed E-state index contributed by atoms with van der Waals surface area (Å²) >= 11 is 0. The molecule has 1 aliphatic rings. The fraction of sp³-hybridized carbons (Fsp3) is 0.333. The average Bonchev–Trinajstić information content (AvgIpc) is 2.93. The molecule has 0 spiro atoms.